The Labute approximate surface area is 225 Å². The number of carbonyl (C=O) groups is 2. The van der Waals surface area contributed by atoms with Gasteiger partial charge in [-0.05, 0) is 18.6 Å². The molecule has 2 amide bonds. The first kappa shape index (κ1) is 24.6. The Hall–Kier alpha value is -3.06. The molecule has 0 spiro atoms. The van der Waals surface area contributed by atoms with E-state index in [0.717, 1.165) is 22.4 Å². The predicted molar refractivity (Wildman–Crippen MR) is 149 cm³/mol. The second kappa shape index (κ2) is 10.9. The molecule has 12 heteroatoms. The highest BCUT2D eigenvalue weighted by atomic mass is 32.2. The zero-order valence-corrected chi connectivity index (χ0v) is 22.3. The van der Waals surface area contributed by atoms with Gasteiger partial charge >= 0.3 is 0 Å². The van der Waals surface area contributed by atoms with Crippen molar-refractivity contribution in [3.05, 3.63) is 76.8 Å². The molecule has 0 atom stereocenters. The number of nitrogens with one attached hydrogen (secondary N) is 1. The zero-order valence-electron chi connectivity index (χ0n) is 19.1. The predicted octanol–water partition coefficient (Wildman–Crippen LogP) is 4.53. The molecule has 1 aliphatic rings. The summed E-state index contributed by atoms with van der Waals surface area (Å²) in [7, 11) is 0. The molecule has 1 aliphatic heterocycles. The largest absolute Gasteiger partial charge is 0.301 e. The molecular formula is C24H20N6O2S4. The standard InChI is InChI=1S/C24H20N6O2S4/c1-15-6-5-9-17(10-15)21-27-28-23(30(21)29-20(32)14-35-24(29)33)34-13-19(31)26-22-25-12-18(36-22)11-16-7-3-2-4-8-16/h2-10,12H,11,13-14H2,1H3,(H,25,26,31). The second-order valence-electron chi connectivity index (χ2n) is 7.88. The first-order valence-corrected chi connectivity index (χ1v) is 14.1. The number of amides is 2. The smallest absolute Gasteiger partial charge is 0.257 e. The molecule has 182 valence electrons. The Kier molecular flexibility index (Phi) is 7.46. The Bertz CT molecular complexity index is 1420. The van der Waals surface area contributed by atoms with E-state index in [4.69, 9.17) is 12.2 Å². The molecule has 3 heterocycles. The van der Waals surface area contributed by atoms with Gasteiger partial charge in [0.1, 0.15) is 0 Å². The van der Waals surface area contributed by atoms with Crippen LogP contribution in [0.1, 0.15) is 16.0 Å². The number of rotatable bonds is 8. The Morgan fingerprint density at radius 2 is 2.00 bits per heavy atom. The second-order valence-corrected chi connectivity index (χ2v) is 11.5. The normalized spacial score (nSPS) is 13.4. The molecule has 1 saturated heterocycles. The number of hydrogen-bond donors (Lipinski definition) is 1. The summed E-state index contributed by atoms with van der Waals surface area (Å²) in [5.74, 6) is 0.437. The highest BCUT2D eigenvalue weighted by Gasteiger charge is 2.33. The van der Waals surface area contributed by atoms with E-state index in [1.807, 2.05) is 49.4 Å². The van der Waals surface area contributed by atoms with Crippen molar-refractivity contribution in [1.29, 1.82) is 0 Å². The number of thiocarbonyl (C=S) groups is 1. The van der Waals surface area contributed by atoms with E-state index < -0.39 is 0 Å². The van der Waals surface area contributed by atoms with Crippen LogP contribution in [0.4, 0.5) is 5.13 Å². The van der Waals surface area contributed by atoms with Gasteiger partial charge in [0.05, 0.1) is 11.5 Å². The molecule has 0 saturated carbocycles. The first-order valence-electron chi connectivity index (χ1n) is 10.9. The monoisotopic (exact) mass is 552 g/mol. The third-order valence-corrected chi connectivity index (χ3v) is 8.34. The van der Waals surface area contributed by atoms with Crippen molar-refractivity contribution in [2.24, 2.45) is 0 Å². The van der Waals surface area contributed by atoms with Gasteiger partial charge in [0.25, 0.3) is 5.91 Å². The zero-order chi connectivity index (χ0) is 25.1. The summed E-state index contributed by atoms with van der Waals surface area (Å²) in [5, 5.41) is 13.8. The number of thioether (sulfide) groups is 2. The maximum absolute atomic E-state index is 12.7. The van der Waals surface area contributed by atoms with Crippen LogP contribution in [0.25, 0.3) is 11.4 Å². The number of anilines is 1. The fraction of sp³-hybridized carbons (Fsp3) is 0.167. The van der Waals surface area contributed by atoms with E-state index in [-0.39, 0.29) is 23.3 Å². The summed E-state index contributed by atoms with van der Waals surface area (Å²) in [4.78, 5) is 30.7. The quantitative estimate of drug-likeness (QED) is 0.252. The van der Waals surface area contributed by atoms with Gasteiger partial charge in [-0.1, -0.05) is 89.8 Å². The summed E-state index contributed by atoms with van der Waals surface area (Å²) in [5.41, 5.74) is 3.04. The summed E-state index contributed by atoms with van der Waals surface area (Å²) in [6.45, 7) is 1.98. The van der Waals surface area contributed by atoms with Crippen molar-refractivity contribution in [1.82, 2.24) is 19.9 Å². The fourth-order valence-corrected chi connectivity index (χ4v) is 6.19. The number of thiazole rings is 1. The molecule has 0 bridgehead atoms. The van der Waals surface area contributed by atoms with Crippen LogP contribution in [0.3, 0.4) is 0 Å². The van der Waals surface area contributed by atoms with Crippen molar-refractivity contribution >= 4 is 68.3 Å². The maximum Gasteiger partial charge on any atom is 0.257 e. The SMILES string of the molecule is Cc1cccc(-c2nnc(SCC(=O)Nc3ncc(Cc4ccccc4)s3)n2N2C(=O)CSC2=S)c1. The molecule has 8 nitrogen and oxygen atoms in total. The van der Waals surface area contributed by atoms with Gasteiger partial charge < -0.3 is 5.32 Å². The van der Waals surface area contributed by atoms with Gasteiger partial charge in [-0.25, -0.2) is 4.98 Å². The number of benzene rings is 2. The topological polar surface area (TPSA) is 93.0 Å². The van der Waals surface area contributed by atoms with Gasteiger partial charge in [0, 0.05) is 23.1 Å². The van der Waals surface area contributed by atoms with Crippen LogP contribution in [0.15, 0.2) is 66.0 Å². The van der Waals surface area contributed by atoms with E-state index in [1.54, 1.807) is 10.9 Å². The number of carbonyl (C=O) groups excluding carboxylic acids is 2. The summed E-state index contributed by atoms with van der Waals surface area (Å²) in [6, 6.07) is 17.9. The molecular weight excluding hydrogens is 533 g/mol. The minimum Gasteiger partial charge on any atom is -0.301 e. The van der Waals surface area contributed by atoms with E-state index >= 15 is 0 Å². The van der Waals surface area contributed by atoms with Crippen molar-refractivity contribution in [2.75, 3.05) is 21.8 Å². The summed E-state index contributed by atoms with van der Waals surface area (Å²) < 4.78 is 2.03. The van der Waals surface area contributed by atoms with E-state index in [1.165, 1.54) is 45.4 Å². The molecule has 0 unspecified atom stereocenters. The third-order valence-electron chi connectivity index (χ3n) is 5.17. The van der Waals surface area contributed by atoms with Crippen LogP contribution in [0.2, 0.25) is 0 Å². The van der Waals surface area contributed by atoms with Gasteiger partial charge in [0.2, 0.25) is 11.1 Å². The average Bonchev–Trinajstić information content (AvgIpc) is 3.57. The molecule has 1 fully saturated rings. The number of nitrogens with zero attached hydrogens (tertiary/aromatic N) is 5. The van der Waals surface area contributed by atoms with E-state index in [2.05, 4.69) is 32.6 Å². The third kappa shape index (κ3) is 5.51. The van der Waals surface area contributed by atoms with Crippen molar-refractivity contribution in [2.45, 2.75) is 18.5 Å². The lowest BCUT2D eigenvalue weighted by Crippen LogP contribution is -2.39. The molecule has 1 N–H and O–H groups in total. The molecule has 4 aromatic rings. The van der Waals surface area contributed by atoms with Crippen LogP contribution in [0, 0.1) is 6.92 Å². The summed E-state index contributed by atoms with van der Waals surface area (Å²) >= 11 is 9.35. The van der Waals surface area contributed by atoms with Crippen LogP contribution < -0.4 is 10.3 Å². The Morgan fingerprint density at radius 1 is 1.17 bits per heavy atom. The van der Waals surface area contributed by atoms with Gasteiger partial charge in [-0.2, -0.15) is 9.69 Å². The highest BCUT2D eigenvalue weighted by Crippen LogP contribution is 2.29. The fourth-order valence-electron chi connectivity index (χ4n) is 3.57. The van der Waals surface area contributed by atoms with Gasteiger partial charge in [-0.15, -0.1) is 21.5 Å². The molecule has 36 heavy (non-hydrogen) atoms. The van der Waals surface area contributed by atoms with Crippen LogP contribution in [0.5, 0.6) is 0 Å². The molecule has 2 aromatic carbocycles. The van der Waals surface area contributed by atoms with Gasteiger partial charge in [-0.3, -0.25) is 9.59 Å². The molecule has 0 radical (unpaired) electrons. The van der Waals surface area contributed by atoms with Crippen molar-refractivity contribution < 1.29 is 9.59 Å². The van der Waals surface area contributed by atoms with Crippen molar-refractivity contribution in [3.63, 3.8) is 0 Å². The number of aromatic nitrogens is 4. The van der Waals surface area contributed by atoms with Crippen molar-refractivity contribution in [3.8, 4) is 11.4 Å². The van der Waals surface area contributed by atoms with Crippen LogP contribution in [-0.4, -0.2) is 47.5 Å². The van der Waals surface area contributed by atoms with Crippen LogP contribution in [-0.2, 0) is 16.0 Å². The first-order chi connectivity index (χ1) is 17.5. The lowest BCUT2D eigenvalue weighted by molar-refractivity contribution is -0.116. The lowest BCUT2D eigenvalue weighted by atomic mass is 10.1. The Morgan fingerprint density at radius 3 is 2.75 bits per heavy atom. The maximum atomic E-state index is 12.7. The van der Waals surface area contributed by atoms with E-state index in [9.17, 15) is 9.59 Å². The molecule has 0 aliphatic carbocycles. The number of hydrogen-bond acceptors (Lipinski definition) is 9. The van der Waals surface area contributed by atoms with E-state index in [0.29, 0.717) is 20.4 Å². The van der Waals surface area contributed by atoms with Crippen LogP contribution >= 0.6 is 47.1 Å². The Balaban J connectivity index is 1.31. The molecule has 5 rings (SSSR count). The summed E-state index contributed by atoms with van der Waals surface area (Å²) in [6.07, 6.45) is 2.54. The minimum absolute atomic E-state index is 0.0709. The lowest BCUT2D eigenvalue weighted by Gasteiger charge is -2.20. The average molecular weight is 553 g/mol. The molecule has 2 aromatic heterocycles. The number of aryl methyl sites for hydroxylation is 1. The minimum atomic E-state index is -0.225. The van der Waals surface area contributed by atoms with Gasteiger partial charge in [0.15, 0.2) is 15.3 Å². The highest BCUT2D eigenvalue weighted by molar-refractivity contribution is 8.24.